The van der Waals surface area contributed by atoms with Crippen LogP contribution in [0.3, 0.4) is 0 Å². The van der Waals surface area contributed by atoms with E-state index in [9.17, 15) is 0 Å². The summed E-state index contributed by atoms with van der Waals surface area (Å²) in [5, 5.41) is 17.0. The summed E-state index contributed by atoms with van der Waals surface area (Å²) in [6.07, 6.45) is 1.50. The zero-order chi connectivity index (χ0) is 15.9. The highest BCUT2D eigenvalue weighted by Crippen LogP contribution is 2.18. The highest BCUT2D eigenvalue weighted by atomic mass is 16.5. The summed E-state index contributed by atoms with van der Waals surface area (Å²) in [6, 6.07) is 9.75. The molecule has 0 unspecified atom stereocenters. The quantitative estimate of drug-likeness (QED) is 0.735. The predicted octanol–water partition coefficient (Wildman–Crippen LogP) is 2.75. The lowest BCUT2D eigenvalue weighted by Crippen LogP contribution is -2.10. The molecular formula is C16H20N4O2. The van der Waals surface area contributed by atoms with Crippen LogP contribution in [0.4, 0.5) is 0 Å². The number of ether oxygens (including phenoxy) is 2. The smallest absolute Gasteiger partial charge is 0.185 e. The van der Waals surface area contributed by atoms with Gasteiger partial charge < -0.3 is 9.47 Å². The van der Waals surface area contributed by atoms with Crippen LogP contribution in [-0.4, -0.2) is 28.7 Å². The van der Waals surface area contributed by atoms with Gasteiger partial charge in [-0.1, -0.05) is 5.21 Å². The van der Waals surface area contributed by atoms with Crippen LogP contribution in [-0.2, 0) is 6.42 Å². The fourth-order valence-electron chi connectivity index (χ4n) is 2.15. The van der Waals surface area contributed by atoms with Crippen LogP contribution in [0.2, 0.25) is 0 Å². The minimum atomic E-state index is 0.187. The molecule has 0 spiro atoms. The number of hydrogen-bond donors (Lipinski definition) is 0. The van der Waals surface area contributed by atoms with E-state index in [0.29, 0.717) is 18.7 Å². The molecular weight excluding hydrogens is 280 g/mol. The van der Waals surface area contributed by atoms with E-state index in [1.54, 1.807) is 11.8 Å². The summed E-state index contributed by atoms with van der Waals surface area (Å²) in [5.74, 6) is 1.61. The van der Waals surface area contributed by atoms with Crippen LogP contribution >= 0.6 is 0 Å². The summed E-state index contributed by atoms with van der Waals surface area (Å²) >= 11 is 0. The first-order chi connectivity index (χ1) is 10.7. The maximum atomic E-state index is 9.09. The predicted molar refractivity (Wildman–Crippen MR) is 81.9 cm³/mol. The molecule has 6 heteroatoms. The molecule has 0 aliphatic heterocycles. The SMILES string of the molecule is COc1ccc(OCCCc2c(C#N)nnn2C(C)C)cc1. The van der Waals surface area contributed by atoms with Gasteiger partial charge in [0.25, 0.3) is 0 Å². The third-order valence-corrected chi connectivity index (χ3v) is 3.27. The molecule has 0 saturated heterocycles. The maximum absolute atomic E-state index is 9.09. The first-order valence-electron chi connectivity index (χ1n) is 7.26. The first-order valence-corrected chi connectivity index (χ1v) is 7.26. The molecule has 1 heterocycles. The minimum absolute atomic E-state index is 0.187. The van der Waals surface area contributed by atoms with Crippen LogP contribution in [0.1, 0.15) is 37.7 Å². The lowest BCUT2D eigenvalue weighted by atomic mass is 10.2. The summed E-state index contributed by atoms with van der Waals surface area (Å²) in [7, 11) is 1.63. The van der Waals surface area contributed by atoms with E-state index in [1.807, 2.05) is 38.1 Å². The van der Waals surface area contributed by atoms with Gasteiger partial charge in [0.1, 0.15) is 17.6 Å². The third kappa shape index (κ3) is 3.76. The van der Waals surface area contributed by atoms with Crippen LogP contribution in [0.15, 0.2) is 24.3 Å². The second-order valence-corrected chi connectivity index (χ2v) is 5.16. The molecule has 2 rings (SSSR count). The summed E-state index contributed by atoms with van der Waals surface area (Å²) < 4.78 is 12.6. The molecule has 0 amide bonds. The fraction of sp³-hybridized carbons (Fsp3) is 0.438. The van der Waals surface area contributed by atoms with Gasteiger partial charge >= 0.3 is 0 Å². The zero-order valence-electron chi connectivity index (χ0n) is 13.1. The van der Waals surface area contributed by atoms with Gasteiger partial charge in [-0.05, 0) is 51.0 Å². The molecule has 6 nitrogen and oxygen atoms in total. The van der Waals surface area contributed by atoms with Crippen molar-refractivity contribution in [1.82, 2.24) is 15.0 Å². The minimum Gasteiger partial charge on any atom is -0.497 e. The van der Waals surface area contributed by atoms with Gasteiger partial charge in [-0.3, -0.25) is 0 Å². The fourth-order valence-corrected chi connectivity index (χ4v) is 2.15. The van der Waals surface area contributed by atoms with E-state index < -0.39 is 0 Å². The Kier molecular flexibility index (Phi) is 5.37. The number of aromatic nitrogens is 3. The second kappa shape index (κ2) is 7.46. The maximum Gasteiger partial charge on any atom is 0.185 e. The molecule has 1 aromatic heterocycles. The molecule has 1 aromatic carbocycles. The molecule has 0 saturated carbocycles. The van der Waals surface area contributed by atoms with Crippen molar-refractivity contribution >= 4 is 0 Å². The Balaban J connectivity index is 1.88. The number of nitrogens with zero attached hydrogens (tertiary/aromatic N) is 4. The molecule has 22 heavy (non-hydrogen) atoms. The van der Waals surface area contributed by atoms with E-state index in [2.05, 4.69) is 16.4 Å². The Labute approximate surface area is 130 Å². The van der Waals surface area contributed by atoms with Crippen LogP contribution in [0.5, 0.6) is 11.5 Å². The van der Waals surface area contributed by atoms with E-state index in [-0.39, 0.29) is 6.04 Å². The first kappa shape index (κ1) is 15.8. The van der Waals surface area contributed by atoms with Crippen molar-refractivity contribution in [3.8, 4) is 17.6 Å². The monoisotopic (exact) mass is 300 g/mol. The normalized spacial score (nSPS) is 10.5. The van der Waals surface area contributed by atoms with E-state index in [4.69, 9.17) is 14.7 Å². The number of hydrogen-bond acceptors (Lipinski definition) is 5. The van der Waals surface area contributed by atoms with Gasteiger partial charge in [0.2, 0.25) is 0 Å². The molecule has 0 atom stereocenters. The molecule has 0 N–H and O–H groups in total. The molecule has 0 aliphatic rings. The van der Waals surface area contributed by atoms with Crippen molar-refractivity contribution in [2.45, 2.75) is 32.7 Å². The van der Waals surface area contributed by atoms with Gasteiger partial charge in [-0.25, -0.2) is 4.68 Å². The Morgan fingerprint density at radius 3 is 2.50 bits per heavy atom. The van der Waals surface area contributed by atoms with Crippen molar-refractivity contribution in [2.24, 2.45) is 0 Å². The van der Waals surface area contributed by atoms with Crippen LogP contribution in [0, 0.1) is 11.3 Å². The molecule has 0 fully saturated rings. The summed E-state index contributed by atoms with van der Waals surface area (Å²) in [4.78, 5) is 0. The lowest BCUT2D eigenvalue weighted by molar-refractivity contribution is 0.308. The van der Waals surface area contributed by atoms with Crippen molar-refractivity contribution in [2.75, 3.05) is 13.7 Å². The average molecular weight is 300 g/mol. The molecule has 0 radical (unpaired) electrons. The van der Waals surface area contributed by atoms with Gasteiger partial charge in [-0.2, -0.15) is 5.26 Å². The topological polar surface area (TPSA) is 73.0 Å². The van der Waals surface area contributed by atoms with Gasteiger partial charge in [0.05, 0.1) is 19.4 Å². The number of benzene rings is 1. The summed E-state index contributed by atoms with van der Waals surface area (Å²) in [5.41, 5.74) is 1.27. The Morgan fingerprint density at radius 1 is 1.23 bits per heavy atom. The average Bonchev–Trinajstić information content (AvgIpc) is 2.95. The summed E-state index contributed by atoms with van der Waals surface area (Å²) in [6.45, 7) is 4.61. The Morgan fingerprint density at radius 2 is 1.91 bits per heavy atom. The van der Waals surface area contributed by atoms with Crippen molar-refractivity contribution in [3.63, 3.8) is 0 Å². The molecule has 0 aliphatic carbocycles. The molecule has 0 bridgehead atoms. The zero-order valence-corrected chi connectivity index (χ0v) is 13.1. The van der Waals surface area contributed by atoms with Gasteiger partial charge in [0, 0.05) is 6.04 Å². The van der Waals surface area contributed by atoms with Gasteiger partial charge in [0.15, 0.2) is 5.69 Å². The highest BCUT2D eigenvalue weighted by molar-refractivity contribution is 5.31. The number of methoxy groups -OCH3 is 1. The highest BCUT2D eigenvalue weighted by Gasteiger charge is 2.14. The van der Waals surface area contributed by atoms with Gasteiger partial charge in [-0.15, -0.1) is 5.10 Å². The lowest BCUT2D eigenvalue weighted by Gasteiger charge is -2.10. The van der Waals surface area contributed by atoms with E-state index in [0.717, 1.165) is 23.6 Å². The van der Waals surface area contributed by atoms with Crippen molar-refractivity contribution in [1.29, 1.82) is 5.26 Å². The second-order valence-electron chi connectivity index (χ2n) is 5.16. The standard InChI is InChI=1S/C16H20N4O2/c1-12(2)20-16(15(11-17)18-19-20)5-4-10-22-14-8-6-13(21-3)7-9-14/h6-9,12H,4-5,10H2,1-3H3. The molecule has 116 valence electrons. The molecule has 2 aromatic rings. The Bertz CT molecular complexity index is 641. The van der Waals surface area contributed by atoms with Crippen molar-refractivity contribution in [3.05, 3.63) is 35.7 Å². The largest absolute Gasteiger partial charge is 0.497 e. The van der Waals surface area contributed by atoms with Crippen LogP contribution < -0.4 is 9.47 Å². The Hall–Kier alpha value is -2.55. The van der Waals surface area contributed by atoms with E-state index >= 15 is 0 Å². The number of rotatable bonds is 7. The third-order valence-electron chi connectivity index (χ3n) is 3.27. The van der Waals surface area contributed by atoms with Crippen LogP contribution in [0.25, 0.3) is 0 Å². The van der Waals surface area contributed by atoms with E-state index in [1.165, 1.54) is 0 Å². The number of nitriles is 1. The van der Waals surface area contributed by atoms with Crippen molar-refractivity contribution < 1.29 is 9.47 Å².